The van der Waals surface area contributed by atoms with Crippen LogP contribution in [0.3, 0.4) is 0 Å². The first-order valence-corrected chi connectivity index (χ1v) is 12.6. The van der Waals surface area contributed by atoms with Crippen LogP contribution in [0.1, 0.15) is 104 Å². The number of allylic oxidation sites excluding steroid dienone is 3. The molecule has 2 heteroatoms. The third kappa shape index (κ3) is 4.37. The zero-order valence-corrected chi connectivity index (χ0v) is 19.7. The van der Waals surface area contributed by atoms with Crippen LogP contribution in [0.25, 0.3) is 0 Å². The molecule has 4 rings (SSSR count). The van der Waals surface area contributed by atoms with Crippen molar-refractivity contribution in [1.29, 1.82) is 0 Å². The Bertz CT molecular complexity index is 717. The summed E-state index contributed by atoms with van der Waals surface area (Å²) in [6.07, 6.45) is 20.3. The maximum absolute atomic E-state index is 10.2. The molecule has 0 aromatic heterocycles. The Morgan fingerprint density at radius 3 is 2.53 bits per heavy atom. The Balaban J connectivity index is 1.48. The molecule has 4 atom stereocenters. The maximum Gasteiger partial charge on any atom is 0.0787 e. The number of aliphatic hydroxyl groups is 2. The van der Waals surface area contributed by atoms with Gasteiger partial charge in [-0.05, 0) is 125 Å². The van der Waals surface area contributed by atoms with Crippen molar-refractivity contribution in [2.24, 2.45) is 22.7 Å². The third-order valence-electron chi connectivity index (χ3n) is 9.30. The van der Waals surface area contributed by atoms with Gasteiger partial charge in [-0.25, -0.2) is 0 Å². The predicted molar refractivity (Wildman–Crippen MR) is 125 cm³/mol. The van der Waals surface area contributed by atoms with Crippen LogP contribution in [0.2, 0.25) is 0 Å². The lowest BCUT2D eigenvalue weighted by atomic mass is 9.59. The van der Waals surface area contributed by atoms with Crippen molar-refractivity contribution in [3.63, 3.8) is 0 Å². The number of fused-ring (bicyclic) bond motifs is 1. The van der Waals surface area contributed by atoms with Crippen LogP contribution in [0.5, 0.6) is 0 Å². The maximum atomic E-state index is 10.2. The van der Waals surface area contributed by atoms with E-state index >= 15 is 0 Å². The second-order valence-corrected chi connectivity index (χ2v) is 11.9. The summed E-state index contributed by atoms with van der Waals surface area (Å²) in [5, 5.41) is 20.3. The number of rotatable bonds is 6. The molecule has 168 valence electrons. The highest BCUT2D eigenvalue weighted by Crippen LogP contribution is 2.70. The van der Waals surface area contributed by atoms with Gasteiger partial charge in [0.15, 0.2) is 0 Å². The molecule has 0 aromatic carbocycles. The van der Waals surface area contributed by atoms with Gasteiger partial charge in [0, 0.05) is 0 Å². The van der Waals surface area contributed by atoms with E-state index < -0.39 is 5.60 Å². The molecule has 4 aliphatic rings. The number of aliphatic hydroxyl groups excluding tert-OH is 1. The van der Waals surface area contributed by atoms with Crippen molar-refractivity contribution < 1.29 is 10.2 Å². The highest BCUT2D eigenvalue weighted by molar-refractivity contribution is 5.38. The lowest BCUT2D eigenvalue weighted by Crippen LogP contribution is -2.37. The minimum absolute atomic E-state index is 0.338. The average molecular weight is 413 g/mol. The number of hydrogen-bond acceptors (Lipinski definition) is 2. The third-order valence-corrected chi connectivity index (χ3v) is 9.30. The zero-order chi connectivity index (χ0) is 21.6. The van der Waals surface area contributed by atoms with E-state index in [2.05, 4.69) is 25.7 Å². The first kappa shape index (κ1) is 22.3. The van der Waals surface area contributed by atoms with Crippen LogP contribution in [-0.4, -0.2) is 21.9 Å². The predicted octanol–water partition coefficient (Wildman–Crippen LogP) is 6.88. The fraction of sp³-hybridized carbons (Fsp3) is 0.786. The molecule has 0 aliphatic heterocycles. The van der Waals surface area contributed by atoms with E-state index in [1.165, 1.54) is 63.4 Å². The van der Waals surface area contributed by atoms with E-state index in [-0.39, 0.29) is 6.10 Å². The van der Waals surface area contributed by atoms with Crippen LogP contribution >= 0.6 is 0 Å². The molecule has 2 N–H and O–H groups in total. The van der Waals surface area contributed by atoms with Crippen molar-refractivity contribution in [1.82, 2.24) is 0 Å². The standard InChI is InChI=1S/C28H44O2/c1-20-21(8-5-10-24(20)29)11-12-22-9-6-16-27(4)23(22)13-14-25(27)28(18-19-28)17-7-15-26(2,3)30/h11-12,23-25,29-30H,1,5-10,13-19H2,2-4H3/b21-11-,22-12+/t23?,24-,25-,27-/m0/s1. The summed E-state index contributed by atoms with van der Waals surface area (Å²) in [6.45, 7) is 10.7. The molecule has 2 nitrogen and oxygen atoms in total. The SMILES string of the molecule is C=C1/C(=C\C=C2/CCC[C@@]3(C)C2CC[C@@H]3C2(CCCC(C)(C)O)CC2)CCC[C@@H]1O. The molecule has 4 aliphatic carbocycles. The molecule has 30 heavy (non-hydrogen) atoms. The second-order valence-electron chi connectivity index (χ2n) is 11.9. The van der Waals surface area contributed by atoms with Gasteiger partial charge in [0.2, 0.25) is 0 Å². The topological polar surface area (TPSA) is 40.5 Å². The minimum Gasteiger partial charge on any atom is -0.390 e. The molecule has 0 radical (unpaired) electrons. The van der Waals surface area contributed by atoms with Gasteiger partial charge in [-0.1, -0.05) is 37.6 Å². The summed E-state index contributed by atoms with van der Waals surface area (Å²) in [5.41, 5.74) is 4.38. The van der Waals surface area contributed by atoms with Gasteiger partial charge in [0.05, 0.1) is 11.7 Å². The van der Waals surface area contributed by atoms with Gasteiger partial charge in [0.25, 0.3) is 0 Å². The Labute approximate surface area is 184 Å². The smallest absolute Gasteiger partial charge is 0.0787 e. The molecule has 4 saturated carbocycles. The summed E-state index contributed by atoms with van der Waals surface area (Å²) in [6, 6.07) is 0. The monoisotopic (exact) mass is 412 g/mol. The Kier molecular flexibility index (Phi) is 6.14. The van der Waals surface area contributed by atoms with Crippen molar-refractivity contribution in [3.8, 4) is 0 Å². The van der Waals surface area contributed by atoms with Crippen LogP contribution in [0, 0.1) is 22.7 Å². The molecule has 0 amide bonds. The molecular weight excluding hydrogens is 368 g/mol. The van der Waals surface area contributed by atoms with Gasteiger partial charge < -0.3 is 10.2 Å². The van der Waals surface area contributed by atoms with E-state index in [9.17, 15) is 10.2 Å². The van der Waals surface area contributed by atoms with E-state index in [1.54, 1.807) is 5.57 Å². The Hall–Kier alpha value is -0.860. The lowest BCUT2D eigenvalue weighted by Gasteiger charge is -2.45. The van der Waals surface area contributed by atoms with Crippen molar-refractivity contribution >= 4 is 0 Å². The molecule has 0 spiro atoms. The lowest BCUT2D eigenvalue weighted by molar-refractivity contribution is 0.0521. The van der Waals surface area contributed by atoms with E-state index in [0.29, 0.717) is 10.8 Å². The fourth-order valence-electron chi connectivity index (χ4n) is 7.48. The fourth-order valence-corrected chi connectivity index (χ4v) is 7.48. The first-order valence-electron chi connectivity index (χ1n) is 12.6. The summed E-state index contributed by atoms with van der Waals surface area (Å²) >= 11 is 0. The quantitative estimate of drug-likeness (QED) is 0.499. The minimum atomic E-state index is -0.525. The molecule has 0 aromatic rings. The highest BCUT2D eigenvalue weighted by atomic mass is 16.3. The Morgan fingerprint density at radius 1 is 1.07 bits per heavy atom. The molecule has 0 saturated heterocycles. The summed E-state index contributed by atoms with van der Waals surface area (Å²) < 4.78 is 0. The average Bonchev–Trinajstić information content (AvgIpc) is 3.35. The number of hydrogen-bond donors (Lipinski definition) is 2. The normalized spacial score (nSPS) is 38.8. The van der Waals surface area contributed by atoms with Gasteiger partial charge in [0.1, 0.15) is 0 Å². The molecule has 0 heterocycles. The van der Waals surface area contributed by atoms with Crippen molar-refractivity contribution in [2.45, 2.75) is 116 Å². The zero-order valence-electron chi connectivity index (χ0n) is 19.7. The van der Waals surface area contributed by atoms with Gasteiger partial charge in [-0.3, -0.25) is 0 Å². The molecule has 1 unspecified atom stereocenters. The van der Waals surface area contributed by atoms with Gasteiger partial charge >= 0.3 is 0 Å². The van der Waals surface area contributed by atoms with Crippen LogP contribution in [0.4, 0.5) is 0 Å². The van der Waals surface area contributed by atoms with E-state index in [1.807, 2.05) is 13.8 Å². The molecule has 4 fully saturated rings. The second kappa shape index (κ2) is 8.24. The molecular formula is C28H44O2. The summed E-state index contributed by atoms with van der Waals surface area (Å²) in [4.78, 5) is 0. The molecule has 0 bridgehead atoms. The summed E-state index contributed by atoms with van der Waals surface area (Å²) in [5.74, 6) is 1.60. The van der Waals surface area contributed by atoms with Crippen molar-refractivity contribution in [2.75, 3.05) is 0 Å². The van der Waals surface area contributed by atoms with E-state index in [4.69, 9.17) is 0 Å². The van der Waals surface area contributed by atoms with Gasteiger partial charge in [-0.2, -0.15) is 0 Å². The van der Waals surface area contributed by atoms with E-state index in [0.717, 1.165) is 43.1 Å². The summed E-state index contributed by atoms with van der Waals surface area (Å²) in [7, 11) is 0. The largest absolute Gasteiger partial charge is 0.390 e. The van der Waals surface area contributed by atoms with Gasteiger partial charge in [-0.15, -0.1) is 0 Å². The highest BCUT2D eigenvalue weighted by Gasteiger charge is 2.60. The first-order chi connectivity index (χ1) is 14.1. The van der Waals surface area contributed by atoms with Crippen LogP contribution < -0.4 is 0 Å². The van der Waals surface area contributed by atoms with Crippen LogP contribution in [-0.2, 0) is 0 Å². The Morgan fingerprint density at radius 2 is 1.83 bits per heavy atom. The van der Waals surface area contributed by atoms with Crippen molar-refractivity contribution in [3.05, 3.63) is 35.5 Å². The van der Waals surface area contributed by atoms with Crippen LogP contribution in [0.15, 0.2) is 35.5 Å².